The fourth-order valence-electron chi connectivity index (χ4n) is 2.35. The predicted octanol–water partition coefficient (Wildman–Crippen LogP) is 3.77. The van der Waals surface area contributed by atoms with Crippen molar-refractivity contribution >= 4 is 11.3 Å². The number of aromatic nitrogens is 1. The van der Waals surface area contributed by atoms with Gasteiger partial charge >= 0.3 is 0 Å². The van der Waals surface area contributed by atoms with Gasteiger partial charge in [-0.25, -0.2) is 4.98 Å². The number of rotatable bonds is 2. The molecule has 0 atom stereocenters. The van der Waals surface area contributed by atoms with Crippen molar-refractivity contribution in [2.75, 3.05) is 0 Å². The van der Waals surface area contributed by atoms with Gasteiger partial charge in [0.05, 0.1) is 11.2 Å². The van der Waals surface area contributed by atoms with Gasteiger partial charge in [-0.1, -0.05) is 39.5 Å². The third-order valence-corrected chi connectivity index (χ3v) is 4.62. The van der Waals surface area contributed by atoms with E-state index in [4.69, 9.17) is 10.7 Å². The normalized spacial score (nSPS) is 21.0. The molecule has 1 aromatic heterocycles. The van der Waals surface area contributed by atoms with Crippen molar-refractivity contribution in [3.63, 3.8) is 0 Å². The smallest absolute Gasteiger partial charge is 0.113 e. The van der Waals surface area contributed by atoms with Gasteiger partial charge in [0.2, 0.25) is 0 Å². The zero-order chi connectivity index (χ0) is 11.6. The number of thiazole rings is 1. The minimum Gasteiger partial charge on any atom is -0.319 e. The molecule has 16 heavy (non-hydrogen) atoms. The van der Waals surface area contributed by atoms with Crippen LogP contribution in [0.2, 0.25) is 0 Å². The molecule has 3 heteroatoms. The van der Waals surface area contributed by atoms with Gasteiger partial charge in [0.1, 0.15) is 5.01 Å². The standard InChI is InChI=1S/C13H22N2S/c1-10(2)11-9-16-12(15-11)13(14)7-5-3-4-6-8-13/h9-10H,3-8,14H2,1-2H3. The van der Waals surface area contributed by atoms with Gasteiger partial charge in [0.25, 0.3) is 0 Å². The summed E-state index contributed by atoms with van der Waals surface area (Å²) in [5, 5.41) is 3.34. The van der Waals surface area contributed by atoms with Crippen LogP contribution >= 0.6 is 11.3 Å². The van der Waals surface area contributed by atoms with E-state index in [2.05, 4.69) is 19.2 Å². The lowest BCUT2D eigenvalue weighted by Gasteiger charge is -2.25. The van der Waals surface area contributed by atoms with Gasteiger partial charge in [0, 0.05) is 5.38 Å². The maximum atomic E-state index is 6.54. The van der Waals surface area contributed by atoms with E-state index in [-0.39, 0.29) is 5.54 Å². The Balaban J connectivity index is 2.19. The van der Waals surface area contributed by atoms with Gasteiger partial charge in [-0.2, -0.15) is 0 Å². The largest absolute Gasteiger partial charge is 0.319 e. The van der Waals surface area contributed by atoms with Gasteiger partial charge in [-0.15, -0.1) is 11.3 Å². The minimum absolute atomic E-state index is 0.131. The number of nitrogens with zero attached hydrogens (tertiary/aromatic N) is 1. The van der Waals surface area contributed by atoms with Crippen LogP contribution in [0, 0.1) is 0 Å². The molecule has 0 unspecified atom stereocenters. The van der Waals surface area contributed by atoms with Crippen LogP contribution in [0.3, 0.4) is 0 Å². The first-order valence-electron chi connectivity index (χ1n) is 6.36. The van der Waals surface area contributed by atoms with E-state index in [1.165, 1.54) is 31.4 Å². The first kappa shape index (κ1) is 12.1. The Bertz CT molecular complexity index is 335. The molecule has 2 nitrogen and oxygen atoms in total. The fourth-order valence-corrected chi connectivity index (χ4v) is 3.51. The molecule has 0 bridgehead atoms. The van der Waals surface area contributed by atoms with Crippen molar-refractivity contribution in [3.8, 4) is 0 Å². The van der Waals surface area contributed by atoms with Crippen LogP contribution in [-0.4, -0.2) is 4.98 Å². The SMILES string of the molecule is CC(C)c1csc(C2(N)CCCCCC2)n1. The lowest BCUT2D eigenvalue weighted by molar-refractivity contribution is 0.383. The van der Waals surface area contributed by atoms with Crippen molar-refractivity contribution in [2.24, 2.45) is 5.73 Å². The predicted molar refractivity (Wildman–Crippen MR) is 69.8 cm³/mol. The van der Waals surface area contributed by atoms with Crippen LogP contribution in [0.5, 0.6) is 0 Å². The summed E-state index contributed by atoms with van der Waals surface area (Å²) >= 11 is 1.76. The molecular formula is C13H22N2S. The van der Waals surface area contributed by atoms with Crippen LogP contribution in [0.15, 0.2) is 5.38 Å². The molecule has 1 aliphatic carbocycles. The Labute approximate surface area is 102 Å². The van der Waals surface area contributed by atoms with E-state index in [1.807, 2.05) is 0 Å². The van der Waals surface area contributed by atoms with Gasteiger partial charge in [-0.05, 0) is 18.8 Å². The molecule has 0 amide bonds. The lowest BCUT2D eigenvalue weighted by atomic mass is 9.92. The quantitative estimate of drug-likeness (QED) is 0.796. The van der Waals surface area contributed by atoms with Crippen molar-refractivity contribution in [1.82, 2.24) is 4.98 Å². The Morgan fingerprint density at radius 2 is 1.88 bits per heavy atom. The lowest BCUT2D eigenvalue weighted by Crippen LogP contribution is -2.35. The zero-order valence-corrected chi connectivity index (χ0v) is 11.1. The van der Waals surface area contributed by atoms with Crippen LogP contribution in [0.4, 0.5) is 0 Å². The molecule has 0 radical (unpaired) electrons. The molecule has 0 saturated heterocycles. The summed E-state index contributed by atoms with van der Waals surface area (Å²) in [6.07, 6.45) is 7.40. The zero-order valence-electron chi connectivity index (χ0n) is 10.3. The van der Waals surface area contributed by atoms with E-state index in [0.29, 0.717) is 5.92 Å². The van der Waals surface area contributed by atoms with Crippen LogP contribution in [0.25, 0.3) is 0 Å². The topological polar surface area (TPSA) is 38.9 Å². The highest BCUT2D eigenvalue weighted by Crippen LogP contribution is 2.36. The van der Waals surface area contributed by atoms with Gasteiger partial charge in [-0.3, -0.25) is 0 Å². The second-order valence-corrected chi connectivity index (χ2v) is 6.16. The molecule has 1 aromatic rings. The van der Waals surface area contributed by atoms with E-state index >= 15 is 0 Å². The summed E-state index contributed by atoms with van der Waals surface area (Å²) in [4.78, 5) is 4.74. The first-order chi connectivity index (χ1) is 7.62. The molecule has 0 aliphatic heterocycles. The molecule has 1 aliphatic rings. The van der Waals surface area contributed by atoms with Crippen molar-refractivity contribution < 1.29 is 0 Å². The third kappa shape index (κ3) is 2.46. The van der Waals surface area contributed by atoms with Crippen molar-refractivity contribution in [1.29, 1.82) is 0 Å². The molecule has 90 valence electrons. The Morgan fingerprint density at radius 1 is 1.25 bits per heavy atom. The monoisotopic (exact) mass is 238 g/mol. The maximum Gasteiger partial charge on any atom is 0.113 e. The Hall–Kier alpha value is -0.410. The Kier molecular flexibility index (Phi) is 3.65. The first-order valence-corrected chi connectivity index (χ1v) is 7.24. The second-order valence-electron chi connectivity index (χ2n) is 5.30. The molecule has 1 saturated carbocycles. The van der Waals surface area contributed by atoms with E-state index in [0.717, 1.165) is 17.8 Å². The van der Waals surface area contributed by atoms with Crippen LogP contribution < -0.4 is 5.73 Å². The number of hydrogen-bond acceptors (Lipinski definition) is 3. The van der Waals surface area contributed by atoms with E-state index in [1.54, 1.807) is 11.3 Å². The average Bonchev–Trinajstić information content (AvgIpc) is 2.64. The number of hydrogen-bond donors (Lipinski definition) is 1. The van der Waals surface area contributed by atoms with Crippen molar-refractivity contribution in [3.05, 3.63) is 16.1 Å². The summed E-state index contributed by atoms with van der Waals surface area (Å²) < 4.78 is 0. The third-order valence-electron chi connectivity index (χ3n) is 3.54. The highest BCUT2D eigenvalue weighted by Gasteiger charge is 2.31. The summed E-state index contributed by atoms with van der Waals surface area (Å²) in [5.41, 5.74) is 7.61. The molecule has 2 rings (SSSR count). The average molecular weight is 238 g/mol. The number of nitrogens with two attached hydrogens (primary N) is 1. The minimum atomic E-state index is -0.131. The summed E-state index contributed by atoms with van der Waals surface area (Å²) in [6.45, 7) is 4.38. The molecule has 0 aromatic carbocycles. The van der Waals surface area contributed by atoms with E-state index in [9.17, 15) is 0 Å². The summed E-state index contributed by atoms with van der Waals surface area (Å²) in [6, 6.07) is 0. The molecule has 1 fully saturated rings. The molecule has 0 spiro atoms. The summed E-state index contributed by atoms with van der Waals surface area (Å²) in [7, 11) is 0. The highest BCUT2D eigenvalue weighted by molar-refractivity contribution is 7.09. The Morgan fingerprint density at radius 3 is 2.38 bits per heavy atom. The molecular weight excluding hydrogens is 216 g/mol. The van der Waals surface area contributed by atoms with E-state index < -0.39 is 0 Å². The fraction of sp³-hybridized carbons (Fsp3) is 0.769. The van der Waals surface area contributed by atoms with Crippen molar-refractivity contribution in [2.45, 2.75) is 63.8 Å². The molecule has 2 N–H and O–H groups in total. The van der Waals surface area contributed by atoms with Gasteiger partial charge in [0.15, 0.2) is 0 Å². The summed E-state index contributed by atoms with van der Waals surface area (Å²) in [5.74, 6) is 0.513. The molecule has 1 heterocycles. The van der Waals surface area contributed by atoms with Gasteiger partial charge < -0.3 is 5.73 Å². The maximum absolute atomic E-state index is 6.54. The second kappa shape index (κ2) is 4.84. The van der Waals surface area contributed by atoms with Crippen LogP contribution in [-0.2, 0) is 5.54 Å². The van der Waals surface area contributed by atoms with Crippen LogP contribution in [0.1, 0.15) is 69.0 Å². The highest BCUT2D eigenvalue weighted by atomic mass is 32.1.